The number of benzene rings is 2. The van der Waals surface area contributed by atoms with Crippen LogP contribution in [0.1, 0.15) is 29.8 Å². The summed E-state index contributed by atoms with van der Waals surface area (Å²) in [6.07, 6.45) is 0. The van der Waals surface area contributed by atoms with E-state index in [4.69, 9.17) is 9.47 Å². The second-order valence-electron chi connectivity index (χ2n) is 7.09. The fourth-order valence-electron chi connectivity index (χ4n) is 3.25. The molecule has 2 rings (SSSR count). The van der Waals surface area contributed by atoms with Crippen LogP contribution in [0.2, 0.25) is 0 Å². The van der Waals surface area contributed by atoms with Crippen molar-refractivity contribution in [2.45, 2.75) is 20.4 Å². The molecule has 0 aliphatic rings. The predicted octanol–water partition coefficient (Wildman–Crippen LogP) is 1.84. The highest BCUT2D eigenvalue weighted by Crippen LogP contribution is 2.23. The smallest absolute Gasteiger partial charge is 0.279 e. The molecule has 7 nitrogen and oxygen atoms in total. The molecule has 0 aromatic heterocycles. The molecular formula is C23H32N3O4+. The average molecular weight is 415 g/mol. The SMILES string of the molecule is CCN(CC)C(=O)c1ccc(NC(=O)C[NH+](C)Cc2ccc(OC)cc2OC)cc1. The summed E-state index contributed by atoms with van der Waals surface area (Å²) in [5, 5.41) is 2.89. The summed E-state index contributed by atoms with van der Waals surface area (Å²) in [7, 11) is 5.19. The number of carbonyl (C=O) groups is 2. The standard InChI is InChI=1S/C23H31N3O4/c1-6-26(7-2)23(28)17-8-11-19(12-9-17)24-22(27)16-25(3)15-18-10-13-20(29-4)14-21(18)30-5/h8-14H,6-7,15-16H2,1-5H3,(H,24,27)/p+1. The minimum atomic E-state index is -0.0946. The van der Waals surface area contributed by atoms with Crippen LogP contribution in [0.5, 0.6) is 11.5 Å². The molecule has 0 fully saturated rings. The molecule has 0 aliphatic heterocycles. The van der Waals surface area contributed by atoms with E-state index in [0.29, 0.717) is 37.4 Å². The number of ether oxygens (including phenoxy) is 2. The quantitative estimate of drug-likeness (QED) is 0.622. The molecule has 0 saturated heterocycles. The van der Waals surface area contributed by atoms with Crippen molar-refractivity contribution >= 4 is 17.5 Å². The molecule has 0 spiro atoms. The summed E-state index contributed by atoms with van der Waals surface area (Å²) < 4.78 is 10.6. The second kappa shape index (κ2) is 11.2. The molecule has 2 aromatic rings. The maximum Gasteiger partial charge on any atom is 0.279 e. The first kappa shape index (κ1) is 23.2. The lowest BCUT2D eigenvalue weighted by molar-refractivity contribution is -0.885. The van der Waals surface area contributed by atoms with E-state index in [2.05, 4.69) is 5.32 Å². The summed E-state index contributed by atoms with van der Waals surface area (Å²) >= 11 is 0. The van der Waals surface area contributed by atoms with Gasteiger partial charge in [0.05, 0.1) is 21.3 Å². The van der Waals surface area contributed by atoms with E-state index in [1.54, 1.807) is 43.4 Å². The first-order valence-electron chi connectivity index (χ1n) is 10.1. The van der Waals surface area contributed by atoms with Gasteiger partial charge in [-0.05, 0) is 50.2 Å². The molecule has 1 atom stereocenters. The van der Waals surface area contributed by atoms with Gasteiger partial charge in [-0.25, -0.2) is 0 Å². The van der Waals surface area contributed by atoms with Crippen LogP contribution in [-0.4, -0.2) is 57.6 Å². The third-order valence-electron chi connectivity index (χ3n) is 4.92. The van der Waals surface area contributed by atoms with Crippen LogP contribution in [0.15, 0.2) is 42.5 Å². The number of nitrogens with one attached hydrogen (secondary N) is 2. The van der Waals surface area contributed by atoms with E-state index in [-0.39, 0.29) is 11.8 Å². The molecule has 162 valence electrons. The zero-order chi connectivity index (χ0) is 22.1. The number of nitrogens with zero attached hydrogens (tertiary/aromatic N) is 1. The van der Waals surface area contributed by atoms with E-state index in [1.165, 1.54) is 0 Å². The summed E-state index contributed by atoms with van der Waals surface area (Å²) in [6, 6.07) is 12.7. The highest BCUT2D eigenvalue weighted by molar-refractivity contribution is 5.96. The highest BCUT2D eigenvalue weighted by atomic mass is 16.5. The van der Waals surface area contributed by atoms with Crippen molar-refractivity contribution < 1.29 is 24.0 Å². The molecule has 2 N–H and O–H groups in total. The Bertz CT molecular complexity index is 848. The number of quaternary nitrogens is 1. The number of hydrogen-bond acceptors (Lipinski definition) is 4. The lowest BCUT2D eigenvalue weighted by Gasteiger charge is -2.19. The van der Waals surface area contributed by atoms with E-state index in [1.807, 2.05) is 39.1 Å². The van der Waals surface area contributed by atoms with Crippen molar-refractivity contribution in [3.05, 3.63) is 53.6 Å². The van der Waals surface area contributed by atoms with Gasteiger partial charge in [-0.3, -0.25) is 9.59 Å². The topological polar surface area (TPSA) is 72.3 Å². The number of hydrogen-bond donors (Lipinski definition) is 2. The zero-order valence-corrected chi connectivity index (χ0v) is 18.5. The van der Waals surface area contributed by atoms with Gasteiger partial charge in [0.25, 0.3) is 11.8 Å². The highest BCUT2D eigenvalue weighted by Gasteiger charge is 2.15. The maximum absolute atomic E-state index is 12.4. The monoisotopic (exact) mass is 414 g/mol. The van der Waals surface area contributed by atoms with Gasteiger partial charge in [0.1, 0.15) is 18.0 Å². The fourth-order valence-corrected chi connectivity index (χ4v) is 3.25. The van der Waals surface area contributed by atoms with Crippen molar-refractivity contribution in [3.8, 4) is 11.5 Å². The normalized spacial score (nSPS) is 11.5. The molecule has 0 saturated carbocycles. The lowest BCUT2D eigenvalue weighted by atomic mass is 10.1. The molecule has 0 aliphatic carbocycles. The Hall–Kier alpha value is -3.06. The summed E-state index contributed by atoms with van der Waals surface area (Å²) in [5.74, 6) is 1.37. The number of anilines is 1. The summed E-state index contributed by atoms with van der Waals surface area (Å²) in [4.78, 5) is 27.6. The van der Waals surface area contributed by atoms with Gasteiger partial charge >= 0.3 is 0 Å². The molecule has 30 heavy (non-hydrogen) atoms. The van der Waals surface area contributed by atoms with Crippen LogP contribution in [0.4, 0.5) is 5.69 Å². The molecule has 1 unspecified atom stereocenters. The van der Waals surface area contributed by atoms with Crippen molar-refractivity contribution in [2.24, 2.45) is 0 Å². The summed E-state index contributed by atoms with van der Waals surface area (Å²) in [5.41, 5.74) is 2.29. The number of amides is 2. The predicted molar refractivity (Wildman–Crippen MR) is 117 cm³/mol. The Morgan fingerprint density at radius 1 is 1.00 bits per heavy atom. The van der Waals surface area contributed by atoms with Gasteiger partial charge < -0.3 is 24.6 Å². The second-order valence-corrected chi connectivity index (χ2v) is 7.09. The summed E-state index contributed by atoms with van der Waals surface area (Å²) in [6.45, 7) is 6.18. The van der Waals surface area contributed by atoms with Gasteiger partial charge in [0.15, 0.2) is 6.54 Å². The minimum Gasteiger partial charge on any atom is -0.497 e. The largest absolute Gasteiger partial charge is 0.497 e. The van der Waals surface area contributed by atoms with Crippen LogP contribution in [0.25, 0.3) is 0 Å². The Balaban J connectivity index is 1.93. The van der Waals surface area contributed by atoms with Gasteiger partial charge in [-0.2, -0.15) is 0 Å². The molecule has 2 aromatic carbocycles. The fraction of sp³-hybridized carbons (Fsp3) is 0.391. The van der Waals surface area contributed by atoms with E-state index < -0.39 is 0 Å². The first-order chi connectivity index (χ1) is 14.4. The third-order valence-corrected chi connectivity index (χ3v) is 4.92. The van der Waals surface area contributed by atoms with Gasteiger partial charge in [0.2, 0.25) is 0 Å². The van der Waals surface area contributed by atoms with Gasteiger partial charge in [0, 0.05) is 36.0 Å². The van der Waals surface area contributed by atoms with E-state index >= 15 is 0 Å². The van der Waals surface area contributed by atoms with Crippen molar-refractivity contribution in [1.82, 2.24) is 4.90 Å². The number of rotatable bonds is 10. The first-order valence-corrected chi connectivity index (χ1v) is 10.1. The Morgan fingerprint density at radius 3 is 2.23 bits per heavy atom. The molecule has 7 heteroatoms. The number of methoxy groups -OCH3 is 2. The average Bonchev–Trinajstić information content (AvgIpc) is 2.75. The third kappa shape index (κ3) is 6.22. The van der Waals surface area contributed by atoms with Crippen LogP contribution in [0.3, 0.4) is 0 Å². The minimum absolute atomic E-state index is 0.00417. The van der Waals surface area contributed by atoms with Crippen molar-refractivity contribution in [2.75, 3.05) is 46.2 Å². The maximum atomic E-state index is 12.4. The number of likely N-dealkylation sites (N-methyl/N-ethyl adjacent to an activating group) is 1. The molecule has 0 heterocycles. The number of carbonyl (C=O) groups excluding carboxylic acids is 2. The van der Waals surface area contributed by atoms with E-state index in [9.17, 15) is 9.59 Å². The van der Waals surface area contributed by atoms with E-state index in [0.717, 1.165) is 22.0 Å². The van der Waals surface area contributed by atoms with Crippen LogP contribution < -0.4 is 19.7 Å². The van der Waals surface area contributed by atoms with Crippen LogP contribution in [0, 0.1) is 0 Å². The van der Waals surface area contributed by atoms with Crippen LogP contribution in [-0.2, 0) is 11.3 Å². The molecule has 2 amide bonds. The van der Waals surface area contributed by atoms with Crippen molar-refractivity contribution in [3.63, 3.8) is 0 Å². The Kier molecular flexibility index (Phi) is 8.68. The molecular weight excluding hydrogens is 382 g/mol. The van der Waals surface area contributed by atoms with Crippen LogP contribution >= 0.6 is 0 Å². The molecule has 0 bridgehead atoms. The lowest BCUT2D eigenvalue weighted by Crippen LogP contribution is -3.08. The van der Waals surface area contributed by atoms with Crippen molar-refractivity contribution in [1.29, 1.82) is 0 Å². The van der Waals surface area contributed by atoms with Gasteiger partial charge in [-0.1, -0.05) is 0 Å². The van der Waals surface area contributed by atoms with Gasteiger partial charge in [-0.15, -0.1) is 0 Å². The Labute approximate surface area is 178 Å². The Morgan fingerprint density at radius 2 is 1.67 bits per heavy atom. The zero-order valence-electron chi connectivity index (χ0n) is 18.5. The molecule has 0 radical (unpaired) electrons.